The smallest absolute Gasteiger partial charge is 0.220 e. The summed E-state index contributed by atoms with van der Waals surface area (Å²) in [6, 6.07) is 14.1. The molecule has 1 amide bonds. The number of fused-ring (bicyclic) bond motifs is 1. The maximum Gasteiger partial charge on any atom is 0.220 e. The molecule has 2 fully saturated rings. The largest absolute Gasteiger partial charge is 0.386 e. The Morgan fingerprint density at radius 1 is 1.09 bits per heavy atom. The molecule has 0 radical (unpaired) electrons. The van der Waals surface area contributed by atoms with Crippen LogP contribution in [0.3, 0.4) is 0 Å². The minimum absolute atomic E-state index is 0.0340. The third-order valence-corrected chi connectivity index (χ3v) is 7.70. The van der Waals surface area contributed by atoms with E-state index < -0.39 is 6.10 Å². The third kappa shape index (κ3) is 5.03. The van der Waals surface area contributed by atoms with Crippen molar-refractivity contribution in [3.05, 3.63) is 69.7 Å². The summed E-state index contributed by atoms with van der Waals surface area (Å²) in [6.45, 7) is 2.72. The quantitative estimate of drug-likeness (QED) is 0.613. The number of hydrogen-bond acceptors (Lipinski definition) is 3. The topological polar surface area (TPSA) is 52.6 Å². The highest BCUT2D eigenvalue weighted by molar-refractivity contribution is 6.31. The van der Waals surface area contributed by atoms with Gasteiger partial charge in [-0.3, -0.25) is 4.79 Å². The zero-order valence-corrected chi connectivity index (χ0v) is 19.4. The molecule has 2 aromatic carbocycles. The van der Waals surface area contributed by atoms with Gasteiger partial charge in [0.15, 0.2) is 0 Å². The molecule has 2 N–H and O–H groups in total. The molecule has 2 aliphatic carbocycles. The Hall–Kier alpha value is -1.88. The number of nitrogens with one attached hydrogen (secondary N) is 1. The van der Waals surface area contributed by atoms with Gasteiger partial charge in [-0.1, -0.05) is 48.0 Å². The van der Waals surface area contributed by atoms with Crippen LogP contribution in [-0.2, 0) is 17.6 Å². The van der Waals surface area contributed by atoms with Crippen molar-refractivity contribution in [3.8, 4) is 0 Å². The van der Waals surface area contributed by atoms with Gasteiger partial charge in [-0.25, -0.2) is 0 Å². The van der Waals surface area contributed by atoms with Gasteiger partial charge >= 0.3 is 0 Å². The highest BCUT2D eigenvalue weighted by atomic mass is 35.5. The van der Waals surface area contributed by atoms with Crippen molar-refractivity contribution in [1.29, 1.82) is 0 Å². The molecule has 2 aromatic rings. The number of halogens is 1. The van der Waals surface area contributed by atoms with Gasteiger partial charge in [0.25, 0.3) is 0 Å². The van der Waals surface area contributed by atoms with Crippen LogP contribution in [0.1, 0.15) is 66.4 Å². The van der Waals surface area contributed by atoms with E-state index in [0.717, 1.165) is 36.5 Å². The van der Waals surface area contributed by atoms with E-state index in [2.05, 4.69) is 40.5 Å². The van der Waals surface area contributed by atoms with Crippen molar-refractivity contribution in [2.45, 2.75) is 63.0 Å². The lowest BCUT2D eigenvalue weighted by Crippen LogP contribution is -2.47. The van der Waals surface area contributed by atoms with E-state index in [4.69, 9.17) is 11.6 Å². The van der Waals surface area contributed by atoms with Gasteiger partial charge < -0.3 is 15.3 Å². The van der Waals surface area contributed by atoms with Crippen LogP contribution >= 0.6 is 11.6 Å². The average Bonchev–Trinajstić information content (AvgIpc) is 3.33. The predicted molar refractivity (Wildman–Crippen MR) is 128 cm³/mol. The van der Waals surface area contributed by atoms with Crippen molar-refractivity contribution in [2.24, 2.45) is 5.92 Å². The fourth-order valence-corrected chi connectivity index (χ4v) is 5.82. The molecule has 0 bridgehead atoms. The Labute approximate surface area is 196 Å². The molecule has 0 spiro atoms. The van der Waals surface area contributed by atoms with E-state index in [0.29, 0.717) is 24.8 Å². The molecule has 0 unspecified atom stereocenters. The summed E-state index contributed by atoms with van der Waals surface area (Å²) in [6.07, 6.45) is 6.39. The third-order valence-electron chi connectivity index (χ3n) is 7.37. The first kappa shape index (κ1) is 21.9. The summed E-state index contributed by atoms with van der Waals surface area (Å²) in [5.41, 5.74) is 4.70. The minimum atomic E-state index is -0.772. The number of carbonyl (C=O) groups is 1. The number of benzene rings is 2. The van der Waals surface area contributed by atoms with Gasteiger partial charge in [0.05, 0.1) is 6.04 Å². The monoisotopic (exact) mass is 452 g/mol. The van der Waals surface area contributed by atoms with Crippen molar-refractivity contribution >= 4 is 17.5 Å². The first-order valence-electron chi connectivity index (χ1n) is 12.1. The molecule has 2 atom stereocenters. The lowest BCUT2D eigenvalue weighted by molar-refractivity contribution is -0.123. The predicted octanol–water partition coefficient (Wildman–Crippen LogP) is 4.64. The van der Waals surface area contributed by atoms with Gasteiger partial charge in [0.1, 0.15) is 6.10 Å². The van der Waals surface area contributed by atoms with Crippen LogP contribution in [0.15, 0.2) is 42.5 Å². The van der Waals surface area contributed by atoms with Crippen molar-refractivity contribution in [3.63, 3.8) is 0 Å². The number of nitrogens with zero attached hydrogens (tertiary/aromatic N) is 1. The molecular formula is C27H33ClN2O2. The second-order valence-corrected chi connectivity index (χ2v) is 10.3. The molecule has 0 aromatic heterocycles. The summed E-state index contributed by atoms with van der Waals surface area (Å²) in [7, 11) is 0. The molecule has 5 heteroatoms. The van der Waals surface area contributed by atoms with Gasteiger partial charge in [-0.2, -0.15) is 0 Å². The van der Waals surface area contributed by atoms with E-state index in [1.54, 1.807) is 0 Å². The summed E-state index contributed by atoms with van der Waals surface area (Å²) < 4.78 is 0. The Morgan fingerprint density at radius 3 is 2.41 bits per heavy atom. The number of likely N-dealkylation sites (tertiary alicyclic amines) is 1. The maximum absolute atomic E-state index is 13.0. The highest BCUT2D eigenvalue weighted by Crippen LogP contribution is 2.43. The van der Waals surface area contributed by atoms with Crippen LogP contribution in [0.25, 0.3) is 0 Å². The number of carbonyl (C=O) groups excluding carboxylic acids is 1. The lowest BCUT2D eigenvalue weighted by atomic mass is 9.97. The second kappa shape index (κ2) is 9.54. The Bertz CT molecular complexity index is 943. The van der Waals surface area contributed by atoms with Crippen LogP contribution < -0.4 is 5.32 Å². The first-order valence-corrected chi connectivity index (χ1v) is 12.5. The number of amides is 1. The van der Waals surface area contributed by atoms with Crippen LogP contribution in [-0.4, -0.2) is 41.6 Å². The van der Waals surface area contributed by atoms with Gasteiger partial charge in [-0.05, 0) is 91.8 Å². The molecule has 1 aliphatic heterocycles. The fourth-order valence-electron chi connectivity index (χ4n) is 5.48. The maximum atomic E-state index is 13.0. The molecule has 1 saturated carbocycles. The van der Waals surface area contributed by atoms with E-state index in [9.17, 15) is 9.90 Å². The number of rotatable bonds is 8. The van der Waals surface area contributed by atoms with Crippen molar-refractivity contribution < 1.29 is 9.90 Å². The van der Waals surface area contributed by atoms with Crippen molar-refractivity contribution in [2.75, 3.05) is 19.6 Å². The average molecular weight is 453 g/mol. The van der Waals surface area contributed by atoms with Gasteiger partial charge in [0, 0.05) is 18.0 Å². The molecular weight excluding hydrogens is 420 g/mol. The van der Waals surface area contributed by atoms with Crippen LogP contribution in [0.2, 0.25) is 5.02 Å². The zero-order valence-electron chi connectivity index (χ0n) is 18.6. The van der Waals surface area contributed by atoms with E-state index in [-0.39, 0.29) is 11.9 Å². The Balaban J connectivity index is 1.26. The van der Waals surface area contributed by atoms with Gasteiger partial charge in [0.2, 0.25) is 5.91 Å². The first-order chi connectivity index (χ1) is 15.6. The Morgan fingerprint density at radius 2 is 1.78 bits per heavy atom. The standard InChI is InChI=1S/C27H33ClN2O2/c28-24-16-22(9-10-23(24)19-7-8-19)27(32)25(17-30-11-3-4-12-30)29-26(31)15-18-13-20-5-1-2-6-21(20)14-18/h1-2,5-6,9-10,16,18-19,25,27,32H,3-4,7-8,11-15,17H2,(H,29,31)/t25-,27-/m1/s1. The number of aliphatic hydroxyl groups is 1. The molecule has 32 heavy (non-hydrogen) atoms. The van der Waals surface area contributed by atoms with Crippen LogP contribution in [0.4, 0.5) is 0 Å². The molecule has 1 saturated heterocycles. The minimum Gasteiger partial charge on any atom is -0.386 e. The normalized spacial score (nSPS) is 20.8. The number of hydrogen-bond donors (Lipinski definition) is 2. The summed E-state index contributed by atoms with van der Waals surface area (Å²) in [4.78, 5) is 15.4. The number of aliphatic hydroxyl groups excluding tert-OH is 1. The fraction of sp³-hybridized carbons (Fsp3) is 0.519. The molecule has 3 aliphatic rings. The van der Waals surface area contributed by atoms with Crippen LogP contribution in [0, 0.1) is 5.92 Å². The van der Waals surface area contributed by atoms with Crippen LogP contribution in [0.5, 0.6) is 0 Å². The molecule has 170 valence electrons. The molecule has 4 nitrogen and oxygen atoms in total. The molecule has 5 rings (SSSR count). The highest BCUT2D eigenvalue weighted by Gasteiger charge is 2.30. The zero-order chi connectivity index (χ0) is 22.1. The van der Waals surface area contributed by atoms with Crippen molar-refractivity contribution in [1.82, 2.24) is 10.2 Å². The SMILES string of the molecule is O=C(CC1Cc2ccccc2C1)N[C@H](CN1CCCC1)[C@H](O)c1ccc(C2CC2)c(Cl)c1. The molecule has 1 heterocycles. The Kier molecular flexibility index (Phi) is 6.54. The van der Waals surface area contributed by atoms with E-state index in [1.807, 2.05) is 12.1 Å². The lowest BCUT2D eigenvalue weighted by Gasteiger charge is -2.29. The van der Waals surface area contributed by atoms with E-state index >= 15 is 0 Å². The summed E-state index contributed by atoms with van der Waals surface area (Å²) >= 11 is 6.54. The van der Waals surface area contributed by atoms with E-state index in [1.165, 1.54) is 42.4 Å². The summed E-state index contributed by atoms with van der Waals surface area (Å²) in [5, 5.41) is 15.2. The van der Waals surface area contributed by atoms with Gasteiger partial charge in [-0.15, -0.1) is 0 Å². The summed E-state index contributed by atoms with van der Waals surface area (Å²) in [5.74, 6) is 0.945. The second-order valence-electron chi connectivity index (χ2n) is 9.93.